The van der Waals surface area contributed by atoms with Crippen molar-refractivity contribution in [2.45, 2.75) is 71.6 Å². The summed E-state index contributed by atoms with van der Waals surface area (Å²) in [6.45, 7) is 12.1. The van der Waals surface area contributed by atoms with E-state index in [-0.39, 0.29) is 22.8 Å². The van der Waals surface area contributed by atoms with Gasteiger partial charge in [-0.05, 0) is 49.9 Å². The molecule has 0 heterocycles. The van der Waals surface area contributed by atoms with E-state index < -0.39 is 15.4 Å². The molecule has 0 amide bonds. The lowest BCUT2D eigenvalue weighted by molar-refractivity contribution is 0.119. The highest BCUT2D eigenvalue weighted by Gasteiger charge is 2.53. The summed E-state index contributed by atoms with van der Waals surface area (Å²) in [7, 11) is -4.02. The van der Waals surface area contributed by atoms with E-state index in [1.54, 1.807) is 0 Å². The van der Waals surface area contributed by atoms with E-state index >= 15 is 0 Å². The molecule has 0 radical (unpaired) electrons. The fourth-order valence-electron chi connectivity index (χ4n) is 4.65. The van der Waals surface area contributed by atoms with Crippen LogP contribution < -0.4 is 5.73 Å². The molecule has 3 N–H and O–H groups in total. The average molecular weight is 305 g/mol. The minimum atomic E-state index is -4.02. The minimum Gasteiger partial charge on any atom is -0.326 e. The van der Waals surface area contributed by atoms with Gasteiger partial charge in [0.25, 0.3) is 10.1 Å². The van der Waals surface area contributed by atoms with E-state index in [1.807, 2.05) is 20.8 Å². The molecule has 0 bridgehead atoms. The lowest BCUT2D eigenvalue weighted by atomic mass is 9.67. The van der Waals surface area contributed by atoms with Crippen molar-refractivity contribution in [1.29, 1.82) is 0 Å². The van der Waals surface area contributed by atoms with Crippen LogP contribution in [0, 0.1) is 23.2 Å². The molecule has 0 aliphatic heterocycles. The van der Waals surface area contributed by atoms with Crippen LogP contribution in [0.4, 0.5) is 0 Å². The number of hydrogen-bond acceptors (Lipinski definition) is 3. The van der Waals surface area contributed by atoms with Gasteiger partial charge in [0.1, 0.15) is 0 Å². The smallest absolute Gasteiger partial charge is 0.268 e. The lowest BCUT2D eigenvalue weighted by Gasteiger charge is -2.42. The average Bonchev–Trinajstić information content (AvgIpc) is 2.51. The molecular weight excluding hydrogens is 274 g/mol. The van der Waals surface area contributed by atoms with Gasteiger partial charge >= 0.3 is 0 Å². The van der Waals surface area contributed by atoms with Gasteiger partial charge in [-0.1, -0.05) is 34.1 Å². The molecule has 4 unspecified atom stereocenters. The molecule has 20 heavy (non-hydrogen) atoms. The van der Waals surface area contributed by atoms with Crippen molar-refractivity contribution in [1.82, 2.24) is 0 Å². The summed E-state index contributed by atoms with van der Waals surface area (Å²) in [6.07, 6.45) is 2.54. The summed E-state index contributed by atoms with van der Waals surface area (Å²) >= 11 is 0. The molecule has 4 nitrogen and oxygen atoms in total. The summed E-state index contributed by atoms with van der Waals surface area (Å²) in [6, 6.07) is 0. The first-order valence-electron chi connectivity index (χ1n) is 7.55. The monoisotopic (exact) mass is 305 g/mol. The fraction of sp³-hybridized carbons (Fsp3) is 1.00. The maximum Gasteiger partial charge on any atom is 0.268 e. The van der Waals surface area contributed by atoms with Gasteiger partial charge in [-0.3, -0.25) is 4.55 Å². The molecule has 0 aromatic rings. The van der Waals surface area contributed by atoms with Crippen molar-refractivity contribution in [3.05, 3.63) is 0 Å². The van der Waals surface area contributed by atoms with Crippen molar-refractivity contribution in [2.24, 2.45) is 28.9 Å². The molecule has 0 saturated heterocycles. The maximum atomic E-state index is 11.9. The Kier molecular flexibility index (Phi) is 5.00. The van der Waals surface area contributed by atoms with E-state index in [0.717, 1.165) is 19.3 Å². The molecule has 5 heteroatoms. The Bertz CT molecular complexity index is 437. The summed E-state index contributed by atoms with van der Waals surface area (Å²) in [4.78, 5) is 0. The Morgan fingerprint density at radius 2 is 1.75 bits per heavy atom. The Labute approximate surface area is 124 Å². The first-order valence-corrected chi connectivity index (χ1v) is 9.05. The Balaban J connectivity index is 3.20. The van der Waals surface area contributed by atoms with Crippen molar-refractivity contribution in [3.63, 3.8) is 0 Å². The van der Waals surface area contributed by atoms with Crippen LogP contribution in [0.25, 0.3) is 0 Å². The first kappa shape index (κ1) is 17.9. The molecule has 1 aliphatic rings. The number of rotatable bonds is 5. The van der Waals surface area contributed by atoms with Crippen molar-refractivity contribution >= 4 is 10.1 Å². The van der Waals surface area contributed by atoms with E-state index in [2.05, 4.69) is 20.8 Å². The molecule has 1 rings (SSSR count). The second-order valence-electron chi connectivity index (χ2n) is 8.04. The Morgan fingerprint density at radius 3 is 2.10 bits per heavy atom. The molecule has 0 spiro atoms. The zero-order valence-electron chi connectivity index (χ0n) is 13.7. The maximum absolute atomic E-state index is 11.9. The van der Waals surface area contributed by atoms with E-state index in [0.29, 0.717) is 5.92 Å². The molecule has 1 fully saturated rings. The standard InChI is InChI=1S/C15H31NO3S/c1-7-11-8-10(2)13(20(17,18)19)12(11)14(3,4)9-15(5,6)16/h10-13H,7-9,16H2,1-6H3,(H,17,18,19). The predicted molar refractivity (Wildman–Crippen MR) is 83.1 cm³/mol. The van der Waals surface area contributed by atoms with Crippen molar-refractivity contribution in [3.8, 4) is 0 Å². The van der Waals surface area contributed by atoms with E-state index in [4.69, 9.17) is 5.73 Å². The third-order valence-electron chi connectivity index (χ3n) is 4.78. The summed E-state index contributed by atoms with van der Waals surface area (Å²) in [5.41, 5.74) is 5.59. The molecule has 4 atom stereocenters. The second kappa shape index (κ2) is 5.58. The molecule has 1 aliphatic carbocycles. The zero-order chi connectivity index (χ0) is 15.9. The van der Waals surface area contributed by atoms with Crippen molar-refractivity contribution < 1.29 is 13.0 Å². The Morgan fingerprint density at radius 1 is 1.25 bits per heavy atom. The minimum absolute atomic E-state index is 0.000103. The van der Waals surface area contributed by atoms with E-state index in [1.165, 1.54) is 0 Å². The van der Waals surface area contributed by atoms with Crippen LogP contribution in [-0.4, -0.2) is 23.8 Å². The highest BCUT2D eigenvalue weighted by atomic mass is 32.2. The van der Waals surface area contributed by atoms with Gasteiger partial charge in [-0.25, -0.2) is 0 Å². The Hall–Kier alpha value is -0.130. The molecule has 1 saturated carbocycles. The summed E-state index contributed by atoms with van der Waals surface area (Å²) < 4.78 is 33.4. The highest BCUT2D eigenvalue weighted by Crippen LogP contribution is 2.52. The summed E-state index contributed by atoms with van der Waals surface area (Å²) in [5, 5.41) is -0.662. The van der Waals surface area contributed by atoms with E-state index in [9.17, 15) is 13.0 Å². The fourth-order valence-corrected chi connectivity index (χ4v) is 6.31. The lowest BCUT2D eigenvalue weighted by Crippen LogP contribution is -2.46. The third kappa shape index (κ3) is 3.95. The summed E-state index contributed by atoms with van der Waals surface area (Å²) in [5.74, 6) is 0.287. The SMILES string of the molecule is CCC1CC(C)C(S(=O)(=O)O)C1C(C)(C)CC(C)(C)N. The van der Waals surface area contributed by atoms with Gasteiger partial charge in [0.05, 0.1) is 5.25 Å². The van der Waals surface area contributed by atoms with Crippen LogP contribution in [0.1, 0.15) is 60.8 Å². The van der Waals surface area contributed by atoms with Crippen LogP contribution in [0.3, 0.4) is 0 Å². The first-order chi connectivity index (χ1) is 8.79. The van der Waals surface area contributed by atoms with Gasteiger partial charge in [0, 0.05) is 5.54 Å². The van der Waals surface area contributed by atoms with Gasteiger partial charge in [0.2, 0.25) is 0 Å². The largest absolute Gasteiger partial charge is 0.326 e. The van der Waals surface area contributed by atoms with Gasteiger partial charge in [-0.2, -0.15) is 8.42 Å². The van der Waals surface area contributed by atoms with Gasteiger partial charge in [-0.15, -0.1) is 0 Å². The van der Waals surface area contributed by atoms with Crippen LogP contribution in [0.5, 0.6) is 0 Å². The van der Waals surface area contributed by atoms with Crippen LogP contribution >= 0.6 is 0 Å². The molecule has 0 aromatic heterocycles. The van der Waals surface area contributed by atoms with Crippen LogP contribution in [0.2, 0.25) is 0 Å². The predicted octanol–water partition coefficient (Wildman–Crippen LogP) is 3.08. The van der Waals surface area contributed by atoms with Crippen LogP contribution in [0.15, 0.2) is 0 Å². The van der Waals surface area contributed by atoms with Gasteiger partial charge in [0.15, 0.2) is 0 Å². The zero-order valence-corrected chi connectivity index (χ0v) is 14.5. The third-order valence-corrected chi connectivity index (χ3v) is 6.22. The normalized spacial score (nSPS) is 32.6. The number of hydrogen-bond donors (Lipinski definition) is 2. The van der Waals surface area contributed by atoms with Gasteiger partial charge < -0.3 is 5.73 Å². The molecular formula is C15H31NO3S. The topological polar surface area (TPSA) is 80.4 Å². The second-order valence-corrected chi connectivity index (χ2v) is 9.61. The molecule has 0 aromatic carbocycles. The highest BCUT2D eigenvalue weighted by molar-refractivity contribution is 7.86. The quantitative estimate of drug-likeness (QED) is 0.765. The molecule has 120 valence electrons. The van der Waals surface area contributed by atoms with Crippen molar-refractivity contribution in [2.75, 3.05) is 0 Å². The number of nitrogens with two attached hydrogens (primary N) is 1. The van der Waals surface area contributed by atoms with Crippen LogP contribution in [-0.2, 0) is 10.1 Å².